The van der Waals surface area contributed by atoms with E-state index in [0.29, 0.717) is 18.7 Å². The lowest BCUT2D eigenvalue weighted by atomic mass is 10.1. The minimum absolute atomic E-state index is 0.0106. The van der Waals surface area contributed by atoms with E-state index >= 15 is 0 Å². The number of carbonyl (C=O) groups is 2. The van der Waals surface area contributed by atoms with Crippen molar-refractivity contribution in [2.75, 3.05) is 6.54 Å². The molecule has 0 saturated carbocycles. The van der Waals surface area contributed by atoms with Gasteiger partial charge in [0.2, 0.25) is 5.91 Å². The normalized spacial score (nSPS) is 15.2. The Morgan fingerprint density at radius 2 is 2.00 bits per heavy atom. The molecule has 3 heterocycles. The average molecular weight is 336 g/mol. The maximum atomic E-state index is 13.0. The van der Waals surface area contributed by atoms with Crippen molar-refractivity contribution in [3.8, 4) is 0 Å². The molecular formula is C19H20N4O2. The van der Waals surface area contributed by atoms with Crippen molar-refractivity contribution in [3.05, 3.63) is 54.2 Å². The number of amides is 1. The van der Waals surface area contributed by atoms with Crippen LogP contribution in [-0.2, 0) is 17.9 Å². The second-order valence-corrected chi connectivity index (χ2v) is 6.54. The summed E-state index contributed by atoms with van der Waals surface area (Å²) in [4.78, 5) is 31.0. The van der Waals surface area contributed by atoms with Gasteiger partial charge >= 0.3 is 0 Å². The summed E-state index contributed by atoms with van der Waals surface area (Å²) in [6.45, 7) is 5.46. The Morgan fingerprint density at radius 1 is 1.20 bits per heavy atom. The molecule has 0 saturated heterocycles. The first-order valence-corrected chi connectivity index (χ1v) is 8.44. The molecule has 6 heteroatoms. The number of hydrogen-bond acceptors (Lipinski definition) is 3. The van der Waals surface area contributed by atoms with Gasteiger partial charge in [0.05, 0.1) is 18.6 Å². The molecule has 0 spiro atoms. The van der Waals surface area contributed by atoms with E-state index < -0.39 is 0 Å². The topological polar surface area (TPSA) is 60.1 Å². The molecule has 1 aliphatic heterocycles. The van der Waals surface area contributed by atoms with Crippen LogP contribution >= 0.6 is 0 Å². The maximum absolute atomic E-state index is 13.0. The highest BCUT2D eigenvalue weighted by Gasteiger charge is 2.27. The maximum Gasteiger partial charge on any atom is 0.245 e. The molecule has 0 unspecified atom stereocenters. The number of benzene rings is 1. The minimum Gasteiger partial charge on any atom is -0.335 e. The number of carbonyl (C=O) groups excluding carboxylic acids is 2. The molecule has 1 atom stereocenters. The van der Waals surface area contributed by atoms with Gasteiger partial charge in [0.1, 0.15) is 6.04 Å². The summed E-state index contributed by atoms with van der Waals surface area (Å²) in [7, 11) is 0. The fourth-order valence-corrected chi connectivity index (χ4v) is 3.56. The van der Waals surface area contributed by atoms with Crippen molar-refractivity contribution in [1.29, 1.82) is 0 Å². The van der Waals surface area contributed by atoms with Gasteiger partial charge in [-0.2, -0.15) is 0 Å². The molecule has 0 bridgehead atoms. The Kier molecular flexibility index (Phi) is 3.67. The van der Waals surface area contributed by atoms with Crippen molar-refractivity contribution in [1.82, 2.24) is 19.0 Å². The van der Waals surface area contributed by atoms with Crippen LogP contribution in [0.25, 0.3) is 10.9 Å². The summed E-state index contributed by atoms with van der Waals surface area (Å²) >= 11 is 0. The zero-order valence-electron chi connectivity index (χ0n) is 14.3. The number of para-hydroxylation sites is 1. The molecule has 1 aliphatic rings. The van der Waals surface area contributed by atoms with Crippen LogP contribution in [0, 0.1) is 0 Å². The van der Waals surface area contributed by atoms with Crippen molar-refractivity contribution in [2.24, 2.45) is 0 Å². The summed E-state index contributed by atoms with van der Waals surface area (Å²) in [5.41, 5.74) is 2.62. The van der Waals surface area contributed by atoms with Gasteiger partial charge in [-0.1, -0.05) is 18.2 Å². The van der Waals surface area contributed by atoms with E-state index in [1.165, 1.54) is 0 Å². The number of Topliss-reactive ketones (excluding diaryl/α,β-unsaturated/α-hetero) is 1. The third-order valence-electron chi connectivity index (χ3n) is 4.97. The van der Waals surface area contributed by atoms with Crippen LogP contribution in [0.3, 0.4) is 0 Å². The molecule has 25 heavy (non-hydrogen) atoms. The van der Waals surface area contributed by atoms with Crippen LogP contribution in [0.4, 0.5) is 0 Å². The molecular weight excluding hydrogens is 316 g/mol. The number of fused-ring (bicyclic) bond motifs is 2. The molecule has 6 nitrogen and oxygen atoms in total. The van der Waals surface area contributed by atoms with Gasteiger partial charge in [0.25, 0.3) is 0 Å². The van der Waals surface area contributed by atoms with Gasteiger partial charge < -0.3 is 14.0 Å². The summed E-state index contributed by atoms with van der Waals surface area (Å²) in [5.74, 6) is 0.0692. The van der Waals surface area contributed by atoms with Gasteiger partial charge in [-0.25, -0.2) is 4.98 Å². The smallest absolute Gasteiger partial charge is 0.245 e. The molecule has 4 rings (SSSR count). The van der Waals surface area contributed by atoms with Crippen LogP contribution in [0.1, 0.15) is 35.9 Å². The highest BCUT2D eigenvalue weighted by molar-refractivity contribution is 6.07. The summed E-state index contributed by atoms with van der Waals surface area (Å²) in [6, 6.07) is 7.36. The second kappa shape index (κ2) is 5.88. The van der Waals surface area contributed by atoms with E-state index in [2.05, 4.69) is 9.55 Å². The van der Waals surface area contributed by atoms with Crippen LogP contribution in [-0.4, -0.2) is 37.3 Å². The van der Waals surface area contributed by atoms with Crippen molar-refractivity contribution in [2.45, 2.75) is 33.0 Å². The Labute approximate surface area is 145 Å². The van der Waals surface area contributed by atoms with Gasteiger partial charge in [-0.3, -0.25) is 9.59 Å². The second-order valence-electron chi connectivity index (χ2n) is 6.54. The fourth-order valence-electron chi connectivity index (χ4n) is 3.56. The lowest BCUT2D eigenvalue weighted by molar-refractivity contribution is -0.135. The quantitative estimate of drug-likeness (QED) is 0.691. The van der Waals surface area contributed by atoms with Crippen LogP contribution in [0.2, 0.25) is 0 Å². The van der Waals surface area contributed by atoms with E-state index in [1.807, 2.05) is 53.0 Å². The van der Waals surface area contributed by atoms with Crippen LogP contribution in [0.15, 0.2) is 43.0 Å². The Morgan fingerprint density at radius 3 is 2.80 bits per heavy atom. The highest BCUT2D eigenvalue weighted by atomic mass is 16.2. The van der Waals surface area contributed by atoms with E-state index in [-0.39, 0.29) is 17.7 Å². The monoisotopic (exact) mass is 336 g/mol. The molecule has 0 radical (unpaired) electrons. The Bertz CT molecular complexity index is 969. The van der Waals surface area contributed by atoms with Gasteiger partial charge in [-0.15, -0.1) is 0 Å². The SMILES string of the molecule is CC(=O)c1cn([C@@H](C)C(=O)N2CCn3cncc3C2)c2ccccc12. The minimum atomic E-state index is -0.368. The molecule has 0 aliphatic carbocycles. The molecule has 0 N–H and O–H groups in total. The Balaban J connectivity index is 1.67. The van der Waals surface area contributed by atoms with Gasteiger partial charge in [0, 0.05) is 41.9 Å². The highest BCUT2D eigenvalue weighted by Crippen LogP contribution is 2.27. The average Bonchev–Trinajstić information content (AvgIpc) is 3.24. The first-order chi connectivity index (χ1) is 12.1. The number of nitrogens with zero attached hydrogens (tertiary/aromatic N) is 4. The molecule has 0 fully saturated rings. The lowest BCUT2D eigenvalue weighted by Crippen LogP contribution is -2.41. The van der Waals surface area contributed by atoms with Crippen molar-refractivity contribution in [3.63, 3.8) is 0 Å². The summed E-state index contributed by atoms with van der Waals surface area (Å²) in [5, 5.41) is 0.895. The number of hydrogen-bond donors (Lipinski definition) is 0. The molecule has 1 amide bonds. The molecule has 1 aromatic carbocycles. The standard InChI is InChI=1S/C19H20N4O2/c1-13(19(25)21-7-8-22-12-20-9-15(22)10-21)23-11-17(14(2)24)16-5-3-4-6-18(16)23/h3-6,9,11-13H,7-8,10H2,1-2H3/t13-/m0/s1. The molecule has 3 aromatic rings. The van der Waals surface area contributed by atoms with E-state index in [9.17, 15) is 9.59 Å². The number of aromatic nitrogens is 3. The predicted molar refractivity (Wildman–Crippen MR) is 94.3 cm³/mol. The van der Waals surface area contributed by atoms with Crippen LogP contribution in [0.5, 0.6) is 0 Å². The zero-order valence-corrected chi connectivity index (χ0v) is 14.3. The molecule has 128 valence electrons. The van der Waals surface area contributed by atoms with Crippen molar-refractivity contribution < 1.29 is 9.59 Å². The first kappa shape index (κ1) is 15.6. The third-order valence-corrected chi connectivity index (χ3v) is 4.97. The van der Waals surface area contributed by atoms with E-state index in [0.717, 1.165) is 23.1 Å². The van der Waals surface area contributed by atoms with Gasteiger partial charge in [-0.05, 0) is 19.9 Å². The number of imidazole rings is 1. The number of rotatable bonds is 3. The van der Waals surface area contributed by atoms with E-state index in [4.69, 9.17) is 0 Å². The zero-order chi connectivity index (χ0) is 17.6. The third kappa shape index (κ3) is 2.54. The Hall–Kier alpha value is -2.89. The van der Waals surface area contributed by atoms with Crippen LogP contribution < -0.4 is 0 Å². The number of ketones is 1. The van der Waals surface area contributed by atoms with E-state index in [1.54, 1.807) is 13.3 Å². The largest absolute Gasteiger partial charge is 0.335 e. The van der Waals surface area contributed by atoms with Crippen molar-refractivity contribution >= 4 is 22.6 Å². The lowest BCUT2D eigenvalue weighted by Gasteiger charge is -2.30. The first-order valence-electron chi connectivity index (χ1n) is 8.44. The predicted octanol–water partition coefficient (Wildman–Crippen LogP) is 2.64. The summed E-state index contributed by atoms with van der Waals surface area (Å²) in [6.07, 6.45) is 5.42. The summed E-state index contributed by atoms with van der Waals surface area (Å²) < 4.78 is 3.99. The van der Waals surface area contributed by atoms with Gasteiger partial charge in [0.15, 0.2) is 5.78 Å². The fraction of sp³-hybridized carbons (Fsp3) is 0.316. The molecule has 2 aromatic heterocycles.